The van der Waals surface area contributed by atoms with Gasteiger partial charge in [0, 0.05) is 18.9 Å². The van der Waals surface area contributed by atoms with Gasteiger partial charge in [0.2, 0.25) is 5.78 Å². The van der Waals surface area contributed by atoms with Gasteiger partial charge in [-0.2, -0.15) is 11.3 Å². The highest BCUT2D eigenvalue weighted by atomic mass is 32.1. The molecule has 2 aromatic rings. The molecular formula is C25H30N2O5S. The van der Waals surface area contributed by atoms with Crippen LogP contribution < -0.4 is 10.6 Å². The van der Waals surface area contributed by atoms with Crippen LogP contribution in [0.4, 0.5) is 4.79 Å². The topological polar surface area (TPSA) is 102 Å². The number of rotatable bonds is 7. The molecule has 1 aliphatic rings. The van der Waals surface area contributed by atoms with Crippen LogP contribution in [0.1, 0.15) is 43.4 Å². The predicted octanol–water partition coefficient (Wildman–Crippen LogP) is 3.45. The minimum atomic E-state index is -0.809. The van der Waals surface area contributed by atoms with Gasteiger partial charge in [-0.15, -0.1) is 0 Å². The largest absolute Gasteiger partial charge is 0.445 e. The van der Waals surface area contributed by atoms with Gasteiger partial charge in [-0.25, -0.2) is 4.79 Å². The molecule has 8 heteroatoms. The normalized spacial score (nSPS) is 17.6. The van der Waals surface area contributed by atoms with E-state index in [1.165, 1.54) is 5.56 Å². The lowest BCUT2D eigenvalue weighted by atomic mass is 9.86. The number of ketones is 2. The van der Waals surface area contributed by atoms with Gasteiger partial charge in [-0.3, -0.25) is 14.4 Å². The molecule has 2 N–H and O–H groups in total. The van der Waals surface area contributed by atoms with Gasteiger partial charge < -0.3 is 15.4 Å². The molecule has 2 amide bonds. The number of ether oxygens (including phenoxy) is 1. The summed E-state index contributed by atoms with van der Waals surface area (Å²) in [5.41, 5.74) is 3.16. The Morgan fingerprint density at radius 2 is 1.82 bits per heavy atom. The van der Waals surface area contributed by atoms with Gasteiger partial charge >= 0.3 is 6.09 Å². The van der Waals surface area contributed by atoms with E-state index in [4.69, 9.17) is 4.74 Å². The van der Waals surface area contributed by atoms with E-state index in [0.29, 0.717) is 25.8 Å². The van der Waals surface area contributed by atoms with E-state index in [1.807, 2.05) is 44.2 Å². The standard InChI is InChI=1S/C25H30N2O5S/c1-16(2)22(27-25(31)32-13-17-6-4-3-5-7-17)21(28)12-18-8-9-19-14-33-15-20(19)10-11-26-24(30)23(18)29/h3-7,14-16,18,22H,8-13H2,1-2H3,(H,26,30)(H,27,31). The van der Waals surface area contributed by atoms with Crippen LogP contribution in [0.25, 0.3) is 0 Å². The third kappa shape index (κ3) is 6.99. The molecular weight excluding hydrogens is 440 g/mol. The molecule has 3 rings (SSSR count). The molecule has 1 aromatic heterocycles. The SMILES string of the molecule is CC(C)C(NC(=O)OCc1ccccc1)C(=O)CC1CCc2cscc2CCNC(=O)C1=O. The summed E-state index contributed by atoms with van der Waals surface area (Å²) in [7, 11) is 0. The summed E-state index contributed by atoms with van der Waals surface area (Å²) in [6.45, 7) is 4.12. The zero-order valence-corrected chi connectivity index (χ0v) is 19.8. The molecule has 1 aromatic carbocycles. The summed E-state index contributed by atoms with van der Waals surface area (Å²) in [6.07, 6.45) is 0.933. The number of aryl methyl sites for hydroxylation is 1. The van der Waals surface area contributed by atoms with E-state index in [0.717, 1.165) is 11.1 Å². The van der Waals surface area contributed by atoms with E-state index in [-0.39, 0.29) is 24.7 Å². The maximum atomic E-state index is 13.1. The van der Waals surface area contributed by atoms with Crippen molar-refractivity contribution in [3.63, 3.8) is 0 Å². The van der Waals surface area contributed by atoms with Crippen molar-refractivity contribution in [1.82, 2.24) is 10.6 Å². The van der Waals surface area contributed by atoms with Crippen LogP contribution in [-0.2, 0) is 38.6 Å². The maximum absolute atomic E-state index is 13.1. The molecule has 2 atom stereocenters. The lowest BCUT2D eigenvalue weighted by Gasteiger charge is -2.23. The molecule has 0 radical (unpaired) electrons. The number of Topliss-reactive ketones (excluding diaryl/α,β-unsaturated/α-hetero) is 2. The zero-order chi connectivity index (χ0) is 23.8. The van der Waals surface area contributed by atoms with Crippen LogP contribution in [0.3, 0.4) is 0 Å². The van der Waals surface area contributed by atoms with Crippen molar-refractivity contribution in [2.45, 2.75) is 52.2 Å². The average Bonchev–Trinajstić information content (AvgIpc) is 3.25. The first kappa shape index (κ1) is 24.6. The second-order valence-electron chi connectivity index (χ2n) is 8.63. The molecule has 33 heavy (non-hydrogen) atoms. The second-order valence-corrected chi connectivity index (χ2v) is 9.37. The van der Waals surface area contributed by atoms with E-state index < -0.39 is 29.7 Å². The van der Waals surface area contributed by atoms with Crippen molar-refractivity contribution in [2.75, 3.05) is 6.54 Å². The van der Waals surface area contributed by atoms with Crippen LogP contribution in [0, 0.1) is 11.8 Å². The molecule has 0 saturated heterocycles. The Balaban J connectivity index is 1.64. The first-order valence-corrected chi connectivity index (χ1v) is 12.1. The molecule has 2 unspecified atom stereocenters. The molecule has 0 aliphatic carbocycles. The minimum absolute atomic E-state index is 0.0932. The van der Waals surface area contributed by atoms with Crippen molar-refractivity contribution >= 4 is 34.9 Å². The first-order chi connectivity index (χ1) is 15.8. The number of carbonyl (C=O) groups excluding carboxylic acids is 4. The summed E-state index contributed by atoms with van der Waals surface area (Å²) >= 11 is 1.60. The van der Waals surface area contributed by atoms with E-state index in [9.17, 15) is 19.2 Å². The van der Waals surface area contributed by atoms with Crippen molar-refractivity contribution in [2.24, 2.45) is 11.8 Å². The third-order valence-corrected chi connectivity index (χ3v) is 6.66. The van der Waals surface area contributed by atoms with E-state index in [2.05, 4.69) is 21.4 Å². The van der Waals surface area contributed by atoms with Gasteiger partial charge in [0.15, 0.2) is 5.78 Å². The summed E-state index contributed by atoms with van der Waals surface area (Å²) in [5.74, 6) is -2.44. The number of hydrogen-bond donors (Lipinski definition) is 2. The van der Waals surface area contributed by atoms with Gasteiger partial charge in [0.1, 0.15) is 6.61 Å². The number of hydrogen-bond acceptors (Lipinski definition) is 6. The van der Waals surface area contributed by atoms with Crippen molar-refractivity contribution in [3.8, 4) is 0 Å². The van der Waals surface area contributed by atoms with Gasteiger partial charge in [0.05, 0.1) is 6.04 Å². The number of benzene rings is 1. The third-order valence-electron chi connectivity index (χ3n) is 5.82. The van der Waals surface area contributed by atoms with Crippen LogP contribution in [0.15, 0.2) is 41.1 Å². The predicted molar refractivity (Wildman–Crippen MR) is 126 cm³/mol. The fraction of sp³-hybridized carbons (Fsp3) is 0.440. The van der Waals surface area contributed by atoms with E-state index >= 15 is 0 Å². The number of amides is 2. The maximum Gasteiger partial charge on any atom is 0.408 e. The van der Waals surface area contributed by atoms with Crippen molar-refractivity contribution < 1.29 is 23.9 Å². The smallest absolute Gasteiger partial charge is 0.408 e. The van der Waals surface area contributed by atoms with Gasteiger partial charge in [0.25, 0.3) is 5.91 Å². The molecule has 0 fully saturated rings. The Kier molecular flexibility index (Phi) is 8.77. The van der Waals surface area contributed by atoms with Crippen LogP contribution in [0.2, 0.25) is 0 Å². The molecule has 7 nitrogen and oxygen atoms in total. The number of alkyl carbamates (subject to hydrolysis) is 1. The number of thiophene rings is 1. The molecule has 1 aliphatic heterocycles. The first-order valence-electron chi connectivity index (χ1n) is 11.2. The highest BCUT2D eigenvalue weighted by Crippen LogP contribution is 2.23. The molecule has 176 valence electrons. The molecule has 2 heterocycles. The number of carbonyl (C=O) groups is 4. The van der Waals surface area contributed by atoms with Gasteiger partial charge in [-0.1, -0.05) is 44.2 Å². The van der Waals surface area contributed by atoms with Crippen LogP contribution in [-0.4, -0.2) is 36.2 Å². The van der Waals surface area contributed by atoms with Crippen LogP contribution in [0.5, 0.6) is 0 Å². The Morgan fingerprint density at radius 1 is 1.12 bits per heavy atom. The number of nitrogens with one attached hydrogen (secondary N) is 2. The lowest BCUT2D eigenvalue weighted by Crippen LogP contribution is -2.46. The minimum Gasteiger partial charge on any atom is -0.445 e. The highest BCUT2D eigenvalue weighted by Gasteiger charge is 2.32. The fourth-order valence-corrected chi connectivity index (χ4v) is 4.84. The highest BCUT2D eigenvalue weighted by molar-refractivity contribution is 7.08. The summed E-state index contributed by atoms with van der Waals surface area (Å²) in [4.78, 5) is 50.5. The fourth-order valence-electron chi connectivity index (χ4n) is 3.91. The number of fused-ring (bicyclic) bond motifs is 1. The molecule has 0 spiro atoms. The Labute approximate surface area is 197 Å². The molecule has 0 saturated carbocycles. The quantitative estimate of drug-likeness (QED) is 0.604. The average molecular weight is 471 g/mol. The second kappa shape index (κ2) is 11.7. The Morgan fingerprint density at radius 3 is 2.52 bits per heavy atom. The zero-order valence-electron chi connectivity index (χ0n) is 19.0. The van der Waals surface area contributed by atoms with Crippen molar-refractivity contribution in [3.05, 3.63) is 57.8 Å². The Bertz CT molecular complexity index is 986. The monoisotopic (exact) mass is 470 g/mol. The Hall–Kier alpha value is -3.00. The summed E-state index contributed by atoms with van der Waals surface area (Å²) in [5, 5.41) is 9.43. The van der Waals surface area contributed by atoms with Crippen LogP contribution >= 0.6 is 11.3 Å². The van der Waals surface area contributed by atoms with E-state index in [1.54, 1.807) is 11.3 Å². The lowest BCUT2D eigenvalue weighted by molar-refractivity contribution is -0.141. The molecule has 0 bridgehead atoms. The van der Waals surface area contributed by atoms with Gasteiger partial charge in [-0.05, 0) is 52.6 Å². The summed E-state index contributed by atoms with van der Waals surface area (Å²) < 4.78 is 5.25. The summed E-state index contributed by atoms with van der Waals surface area (Å²) in [6, 6.07) is 8.44. The van der Waals surface area contributed by atoms with Crippen molar-refractivity contribution in [1.29, 1.82) is 0 Å².